The Hall–Kier alpha value is -1.65. The first-order chi connectivity index (χ1) is 10.2. The minimum atomic E-state index is -1.19. The summed E-state index contributed by atoms with van der Waals surface area (Å²) >= 11 is 0. The molecular weight excluding hydrogens is 264 g/mol. The van der Waals surface area contributed by atoms with E-state index in [2.05, 4.69) is 4.98 Å². The van der Waals surface area contributed by atoms with Gasteiger partial charge in [0, 0.05) is 12.4 Å². The van der Waals surface area contributed by atoms with Gasteiger partial charge in [-0.05, 0) is 24.3 Å². The smallest absolute Gasteiger partial charge is 0.120 e. The van der Waals surface area contributed by atoms with E-state index >= 15 is 0 Å². The highest BCUT2D eigenvalue weighted by Crippen LogP contribution is 2.43. The van der Waals surface area contributed by atoms with Crippen molar-refractivity contribution < 1.29 is 10.2 Å². The molecule has 1 fully saturated rings. The van der Waals surface area contributed by atoms with Gasteiger partial charge in [-0.1, -0.05) is 43.2 Å². The standard InChI is InChI=1S/C17H22N2O2/c20-16(12-19-11-10-18-13-19)17(21,15-8-4-5-9-15)14-6-2-1-3-7-14/h1-3,6-7,10-11,13,15-16,20-21H,4-5,8-9,12H2. The van der Waals surface area contributed by atoms with Crippen LogP contribution >= 0.6 is 0 Å². The molecule has 0 radical (unpaired) electrons. The summed E-state index contributed by atoms with van der Waals surface area (Å²) in [5.74, 6) is 0.110. The Kier molecular flexibility index (Phi) is 4.08. The lowest BCUT2D eigenvalue weighted by atomic mass is 9.76. The van der Waals surface area contributed by atoms with Crippen molar-refractivity contribution in [3.05, 3.63) is 54.6 Å². The van der Waals surface area contributed by atoms with Gasteiger partial charge in [-0.15, -0.1) is 0 Å². The van der Waals surface area contributed by atoms with E-state index in [4.69, 9.17) is 0 Å². The summed E-state index contributed by atoms with van der Waals surface area (Å²) in [6, 6.07) is 9.59. The zero-order valence-corrected chi connectivity index (χ0v) is 12.1. The van der Waals surface area contributed by atoms with Crippen molar-refractivity contribution in [3.8, 4) is 0 Å². The van der Waals surface area contributed by atoms with E-state index in [0.29, 0.717) is 6.54 Å². The average Bonchev–Trinajstić information content (AvgIpc) is 3.20. The topological polar surface area (TPSA) is 58.3 Å². The predicted octanol–water partition coefficient (Wildman–Crippen LogP) is 2.32. The Morgan fingerprint density at radius 1 is 1.24 bits per heavy atom. The fourth-order valence-corrected chi connectivity index (χ4v) is 3.50. The second-order valence-electron chi connectivity index (χ2n) is 5.95. The van der Waals surface area contributed by atoms with Crippen molar-refractivity contribution in [1.82, 2.24) is 9.55 Å². The van der Waals surface area contributed by atoms with Gasteiger partial charge in [0.15, 0.2) is 0 Å². The molecule has 1 saturated carbocycles. The van der Waals surface area contributed by atoms with Crippen molar-refractivity contribution in [2.75, 3.05) is 0 Å². The lowest BCUT2D eigenvalue weighted by Gasteiger charge is -2.39. The minimum absolute atomic E-state index is 0.110. The molecule has 1 heterocycles. The minimum Gasteiger partial charge on any atom is -0.388 e. The lowest BCUT2D eigenvalue weighted by Crippen LogP contribution is -2.47. The number of aliphatic hydroxyl groups is 2. The molecule has 0 saturated heterocycles. The number of aromatic nitrogens is 2. The summed E-state index contributed by atoms with van der Waals surface area (Å²) in [7, 11) is 0. The number of imidazole rings is 1. The van der Waals surface area contributed by atoms with Gasteiger partial charge in [-0.2, -0.15) is 0 Å². The summed E-state index contributed by atoms with van der Waals surface area (Å²) in [6.45, 7) is 0.349. The maximum Gasteiger partial charge on any atom is 0.120 e. The van der Waals surface area contributed by atoms with Gasteiger partial charge in [0.1, 0.15) is 11.7 Å². The summed E-state index contributed by atoms with van der Waals surface area (Å²) < 4.78 is 1.81. The zero-order valence-electron chi connectivity index (χ0n) is 12.1. The molecule has 112 valence electrons. The average molecular weight is 286 g/mol. The van der Waals surface area contributed by atoms with Crippen molar-refractivity contribution in [2.24, 2.45) is 5.92 Å². The third-order valence-corrected chi connectivity index (χ3v) is 4.66. The maximum absolute atomic E-state index is 11.4. The Morgan fingerprint density at radius 3 is 2.57 bits per heavy atom. The maximum atomic E-state index is 11.4. The van der Waals surface area contributed by atoms with Crippen LogP contribution in [-0.4, -0.2) is 25.9 Å². The highest BCUT2D eigenvalue weighted by atomic mass is 16.3. The highest BCUT2D eigenvalue weighted by molar-refractivity contribution is 5.25. The molecule has 0 aliphatic heterocycles. The van der Waals surface area contributed by atoms with Crippen LogP contribution in [-0.2, 0) is 12.1 Å². The third kappa shape index (κ3) is 2.74. The van der Waals surface area contributed by atoms with Crippen LogP contribution in [0, 0.1) is 5.92 Å². The Labute approximate surface area is 125 Å². The molecule has 4 heteroatoms. The normalized spacial score (nSPS) is 20.3. The fraction of sp³-hybridized carbons (Fsp3) is 0.471. The van der Waals surface area contributed by atoms with Crippen molar-refractivity contribution >= 4 is 0 Å². The molecule has 4 nitrogen and oxygen atoms in total. The molecule has 0 amide bonds. The number of rotatable bonds is 5. The molecule has 2 aromatic rings. The lowest BCUT2D eigenvalue weighted by molar-refractivity contribution is -0.125. The first-order valence-corrected chi connectivity index (χ1v) is 7.63. The second kappa shape index (κ2) is 6.00. The van der Waals surface area contributed by atoms with Gasteiger partial charge >= 0.3 is 0 Å². The zero-order chi connectivity index (χ0) is 14.7. The molecule has 1 aliphatic carbocycles. The van der Waals surface area contributed by atoms with Crippen LogP contribution in [0.4, 0.5) is 0 Å². The molecule has 2 atom stereocenters. The molecular formula is C17H22N2O2. The van der Waals surface area contributed by atoms with Gasteiger partial charge in [-0.25, -0.2) is 4.98 Å². The molecule has 0 bridgehead atoms. The van der Waals surface area contributed by atoms with Crippen LogP contribution in [0.5, 0.6) is 0 Å². The summed E-state index contributed by atoms with van der Waals surface area (Å²) in [5.41, 5.74) is -0.383. The van der Waals surface area contributed by atoms with E-state index in [0.717, 1.165) is 31.2 Å². The highest BCUT2D eigenvalue weighted by Gasteiger charge is 2.45. The first-order valence-electron chi connectivity index (χ1n) is 7.63. The molecule has 1 aliphatic rings. The van der Waals surface area contributed by atoms with E-state index in [1.807, 2.05) is 41.1 Å². The molecule has 1 aromatic heterocycles. The van der Waals surface area contributed by atoms with Crippen molar-refractivity contribution in [3.63, 3.8) is 0 Å². The third-order valence-electron chi connectivity index (χ3n) is 4.66. The quantitative estimate of drug-likeness (QED) is 0.887. The summed E-state index contributed by atoms with van der Waals surface area (Å²) in [6.07, 6.45) is 8.49. The van der Waals surface area contributed by atoms with Crippen LogP contribution in [0.3, 0.4) is 0 Å². The summed E-state index contributed by atoms with van der Waals surface area (Å²) in [4.78, 5) is 4.00. The molecule has 0 spiro atoms. The first kappa shape index (κ1) is 14.3. The van der Waals surface area contributed by atoms with Crippen LogP contribution in [0.25, 0.3) is 0 Å². The van der Waals surface area contributed by atoms with E-state index in [-0.39, 0.29) is 5.92 Å². The number of aliphatic hydroxyl groups excluding tert-OH is 1. The van der Waals surface area contributed by atoms with E-state index in [9.17, 15) is 10.2 Å². The van der Waals surface area contributed by atoms with Crippen LogP contribution in [0.15, 0.2) is 49.1 Å². The van der Waals surface area contributed by atoms with E-state index in [1.165, 1.54) is 0 Å². The monoisotopic (exact) mass is 286 g/mol. The molecule has 21 heavy (non-hydrogen) atoms. The number of hydrogen-bond donors (Lipinski definition) is 2. The second-order valence-corrected chi connectivity index (χ2v) is 5.95. The fourth-order valence-electron chi connectivity index (χ4n) is 3.50. The Balaban J connectivity index is 1.91. The van der Waals surface area contributed by atoms with Crippen molar-refractivity contribution in [2.45, 2.75) is 43.9 Å². The Morgan fingerprint density at radius 2 is 1.95 bits per heavy atom. The van der Waals surface area contributed by atoms with Crippen LogP contribution < -0.4 is 0 Å². The molecule has 1 aromatic carbocycles. The molecule has 2 N–H and O–H groups in total. The van der Waals surface area contributed by atoms with Crippen molar-refractivity contribution in [1.29, 1.82) is 0 Å². The molecule has 3 rings (SSSR count). The number of nitrogens with zero attached hydrogens (tertiary/aromatic N) is 2. The van der Waals surface area contributed by atoms with Gasteiger partial charge in [-0.3, -0.25) is 0 Å². The van der Waals surface area contributed by atoms with Crippen LogP contribution in [0.2, 0.25) is 0 Å². The number of hydrogen-bond acceptors (Lipinski definition) is 3. The van der Waals surface area contributed by atoms with Gasteiger partial charge < -0.3 is 14.8 Å². The SMILES string of the molecule is OC(Cn1ccnc1)C(O)(c1ccccc1)C1CCCC1. The van der Waals surface area contributed by atoms with E-state index in [1.54, 1.807) is 12.5 Å². The van der Waals surface area contributed by atoms with Gasteiger partial charge in [0.05, 0.1) is 12.9 Å². The number of benzene rings is 1. The Bertz CT molecular complexity index is 549. The van der Waals surface area contributed by atoms with Gasteiger partial charge in [0.2, 0.25) is 0 Å². The van der Waals surface area contributed by atoms with E-state index < -0.39 is 11.7 Å². The predicted molar refractivity (Wildman–Crippen MR) is 80.5 cm³/mol. The van der Waals surface area contributed by atoms with Crippen LogP contribution in [0.1, 0.15) is 31.2 Å². The summed E-state index contributed by atoms with van der Waals surface area (Å²) in [5, 5.41) is 22.1. The van der Waals surface area contributed by atoms with Gasteiger partial charge in [0.25, 0.3) is 0 Å². The largest absolute Gasteiger partial charge is 0.388 e. The molecule has 2 unspecified atom stereocenters.